The third kappa shape index (κ3) is 5.77. The first-order valence-corrected chi connectivity index (χ1v) is 8.42. The zero-order valence-corrected chi connectivity index (χ0v) is 13.5. The first kappa shape index (κ1) is 16.5. The van der Waals surface area contributed by atoms with Gasteiger partial charge in [0.15, 0.2) is 0 Å². The van der Waals surface area contributed by atoms with Crippen LogP contribution in [0.3, 0.4) is 0 Å². The quantitative estimate of drug-likeness (QED) is 0.735. The molecule has 0 spiro atoms. The van der Waals surface area contributed by atoms with E-state index in [0.717, 1.165) is 25.5 Å². The van der Waals surface area contributed by atoms with Crippen LogP contribution < -0.4 is 5.73 Å². The highest BCUT2D eigenvalue weighted by Crippen LogP contribution is 2.06. The molecule has 0 aliphatic carbocycles. The van der Waals surface area contributed by atoms with Crippen molar-refractivity contribution in [2.24, 2.45) is 5.73 Å². The summed E-state index contributed by atoms with van der Waals surface area (Å²) >= 11 is 0. The minimum Gasteiger partial charge on any atom is -0.334 e. The summed E-state index contributed by atoms with van der Waals surface area (Å²) in [6.45, 7) is 11.2. The second-order valence-corrected chi connectivity index (χ2v) is 6.05. The van der Waals surface area contributed by atoms with Gasteiger partial charge < -0.3 is 20.1 Å². The summed E-state index contributed by atoms with van der Waals surface area (Å²) in [5.41, 5.74) is 5.55. The molecule has 1 fully saturated rings. The maximum atomic E-state index is 5.55. The molecule has 0 saturated carbocycles. The maximum Gasteiger partial charge on any atom is 0.105 e. The van der Waals surface area contributed by atoms with Gasteiger partial charge in [-0.2, -0.15) is 0 Å². The Kier molecular flexibility index (Phi) is 7.19. The summed E-state index contributed by atoms with van der Waals surface area (Å²) in [5.74, 6) is 1.12. The van der Waals surface area contributed by atoms with E-state index in [-0.39, 0.29) is 0 Å². The lowest BCUT2D eigenvalue weighted by Gasteiger charge is -2.22. The highest BCUT2D eigenvalue weighted by atomic mass is 15.2. The SMILES string of the molecule is Cc1nccn1CCN1CCCN(CCCCCN)CC1. The Bertz CT molecular complexity index is 390. The van der Waals surface area contributed by atoms with Crippen molar-refractivity contribution in [2.75, 3.05) is 45.8 Å². The average Bonchev–Trinajstić information content (AvgIpc) is 2.76. The lowest BCUT2D eigenvalue weighted by molar-refractivity contribution is 0.247. The molecule has 0 aromatic carbocycles. The molecule has 21 heavy (non-hydrogen) atoms. The lowest BCUT2D eigenvalue weighted by Crippen LogP contribution is -2.33. The van der Waals surface area contributed by atoms with Gasteiger partial charge in [-0.05, 0) is 52.4 Å². The molecular weight excluding hydrogens is 262 g/mol. The van der Waals surface area contributed by atoms with E-state index in [2.05, 4.69) is 32.5 Å². The summed E-state index contributed by atoms with van der Waals surface area (Å²) in [7, 11) is 0. The lowest BCUT2D eigenvalue weighted by atomic mass is 10.2. The molecule has 2 N–H and O–H groups in total. The Morgan fingerprint density at radius 3 is 2.43 bits per heavy atom. The summed E-state index contributed by atoms with van der Waals surface area (Å²) in [6, 6.07) is 0. The molecule has 2 rings (SSSR count). The smallest absolute Gasteiger partial charge is 0.105 e. The number of aromatic nitrogens is 2. The van der Waals surface area contributed by atoms with Crippen molar-refractivity contribution in [1.82, 2.24) is 19.4 Å². The Labute approximate surface area is 129 Å². The molecule has 5 nitrogen and oxygen atoms in total. The molecule has 1 aromatic rings. The third-order valence-corrected chi connectivity index (χ3v) is 4.44. The van der Waals surface area contributed by atoms with E-state index in [1.165, 1.54) is 58.4 Å². The fourth-order valence-corrected chi connectivity index (χ4v) is 3.02. The summed E-state index contributed by atoms with van der Waals surface area (Å²) < 4.78 is 2.25. The fraction of sp³-hybridized carbons (Fsp3) is 0.812. The minimum atomic E-state index is 0.835. The van der Waals surface area contributed by atoms with Crippen molar-refractivity contribution in [3.63, 3.8) is 0 Å². The Balaban J connectivity index is 1.65. The molecule has 5 heteroatoms. The van der Waals surface area contributed by atoms with Crippen LogP contribution in [-0.4, -0.2) is 65.2 Å². The minimum absolute atomic E-state index is 0.835. The van der Waals surface area contributed by atoms with Gasteiger partial charge in [-0.1, -0.05) is 6.42 Å². The van der Waals surface area contributed by atoms with Crippen LogP contribution in [0.1, 0.15) is 31.5 Å². The van der Waals surface area contributed by atoms with Gasteiger partial charge in [0.05, 0.1) is 0 Å². The van der Waals surface area contributed by atoms with E-state index in [1.54, 1.807) is 0 Å². The fourth-order valence-electron chi connectivity index (χ4n) is 3.02. The standard InChI is InChI=1S/C16H31N5/c1-16-18-7-11-21(16)15-14-20-10-5-9-19(12-13-20)8-4-2-3-6-17/h7,11H,2-6,8-10,12-15,17H2,1H3. The van der Waals surface area contributed by atoms with Crippen molar-refractivity contribution < 1.29 is 0 Å². The Morgan fingerprint density at radius 2 is 1.76 bits per heavy atom. The number of unbranched alkanes of at least 4 members (excludes halogenated alkanes) is 2. The first-order valence-electron chi connectivity index (χ1n) is 8.42. The number of rotatable bonds is 8. The zero-order chi connectivity index (χ0) is 14.9. The van der Waals surface area contributed by atoms with Crippen molar-refractivity contribution in [2.45, 2.75) is 39.2 Å². The van der Waals surface area contributed by atoms with Crippen molar-refractivity contribution in [1.29, 1.82) is 0 Å². The summed E-state index contributed by atoms with van der Waals surface area (Å²) in [5, 5.41) is 0. The van der Waals surface area contributed by atoms with E-state index in [0.29, 0.717) is 0 Å². The number of nitrogens with two attached hydrogens (primary N) is 1. The van der Waals surface area contributed by atoms with Crippen LogP contribution in [0.5, 0.6) is 0 Å². The van der Waals surface area contributed by atoms with Crippen LogP contribution >= 0.6 is 0 Å². The topological polar surface area (TPSA) is 50.3 Å². The molecule has 1 aliphatic rings. The second-order valence-electron chi connectivity index (χ2n) is 6.05. The van der Waals surface area contributed by atoms with Gasteiger partial charge in [0.2, 0.25) is 0 Å². The van der Waals surface area contributed by atoms with E-state index < -0.39 is 0 Å². The third-order valence-electron chi connectivity index (χ3n) is 4.44. The van der Waals surface area contributed by atoms with Crippen LogP contribution in [0.4, 0.5) is 0 Å². The van der Waals surface area contributed by atoms with E-state index in [4.69, 9.17) is 5.73 Å². The van der Waals surface area contributed by atoms with Crippen LogP contribution in [0.25, 0.3) is 0 Å². The number of hydrogen-bond acceptors (Lipinski definition) is 4. The highest BCUT2D eigenvalue weighted by molar-refractivity contribution is 4.88. The van der Waals surface area contributed by atoms with E-state index in [9.17, 15) is 0 Å². The van der Waals surface area contributed by atoms with Crippen LogP contribution in [0.15, 0.2) is 12.4 Å². The first-order chi connectivity index (χ1) is 10.3. The van der Waals surface area contributed by atoms with E-state index in [1.807, 2.05) is 6.20 Å². The maximum absolute atomic E-state index is 5.55. The molecule has 0 unspecified atom stereocenters. The molecule has 0 atom stereocenters. The molecule has 1 saturated heterocycles. The number of nitrogens with zero attached hydrogens (tertiary/aromatic N) is 4. The van der Waals surface area contributed by atoms with Crippen LogP contribution in [0.2, 0.25) is 0 Å². The predicted molar refractivity (Wildman–Crippen MR) is 87.4 cm³/mol. The van der Waals surface area contributed by atoms with Crippen LogP contribution in [0, 0.1) is 6.92 Å². The van der Waals surface area contributed by atoms with Gasteiger partial charge in [-0.3, -0.25) is 0 Å². The molecule has 0 bridgehead atoms. The van der Waals surface area contributed by atoms with E-state index >= 15 is 0 Å². The van der Waals surface area contributed by atoms with Gasteiger partial charge >= 0.3 is 0 Å². The van der Waals surface area contributed by atoms with Gasteiger partial charge in [0.1, 0.15) is 5.82 Å². The molecular formula is C16H31N5. The number of imidazole rings is 1. The molecule has 2 heterocycles. The van der Waals surface area contributed by atoms with Gasteiger partial charge in [-0.25, -0.2) is 4.98 Å². The summed E-state index contributed by atoms with van der Waals surface area (Å²) in [6.07, 6.45) is 9.00. The normalized spacial score (nSPS) is 18.0. The monoisotopic (exact) mass is 293 g/mol. The molecule has 1 aromatic heterocycles. The molecule has 0 radical (unpaired) electrons. The van der Waals surface area contributed by atoms with Gasteiger partial charge in [0.25, 0.3) is 0 Å². The Morgan fingerprint density at radius 1 is 1.00 bits per heavy atom. The highest BCUT2D eigenvalue weighted by Gasteiger charge is 2.14. The van der Waals surface area contributed by atoms with Crippen molar-refractivity contribution in [3.05, 3.63) is 18.2 Å². The number of hydrogen-bond donors (Lipinski definition) is 1. The summed E-state index contributed by atoms with van der Waals surface area (Å²) in [4.78, 5) is 9.51. The molecule has 0 amide bonds. The van der Waals surface area contributed by atoms with Crippen LogP contribution in [-0.2, 0) is 6.54 Å². The average molecular weight is 293 g/mol. The predicted octanol–water partition coefficient (Wildman–Crippen LogP) is 1.33. The largest absolute Gasteiger partial charge is 0.334 e. The van der Waals surface area contributed by atoms with Crippen molar-refractivity contribution in [3.8, 4) is 0 Å². The molecule has 1 aliphatic heterocycles. The van der Waals surface area contributed by atoms with Crippen molar-refractivity contribution >= 4 is 0 Å². The second kappa shape index (κ2) is 9.18. The van der Waals surface area contributed by atoms with Gasteiger partial charge in [-0.15, -0.1) is 0 Å². The number of aryl methyl sites for hydroxylation is 1. The van der Waals surface area contributed by atoms with Gasteiger partial charge in [0, 0.05) is 38.6 Å². The molecule has 120 valence electrons. The zero-order valence-electron chi connectivity index (χ0n) is 13.5. The Hall–Kier alpha value is -0.910.